The van der Waals surface area contributed by atoms with Gasteiger partial charge in [0, 0.05) is 48.5 Å². The number of nitrogens with zero attached hydrogens (tertiary/aromatic N) is 4. The Labute approximate surface area is 302 Å². The van der Waals surface area contributed by atoms with E-state index in [1.54, 1.807) is 38.6 Å². The van der Waals surface area contributed by atoms with E-state index in [1.165, 1.54) is 0 Å². The Morgan fingerprint density at radius 2 is 1.50 bits per heavy atom. The Hall–Kier alpha value is -3.76. The molecule has 2 aromatic carbocycles. The minimum absolute atomic E-state index is 0.0186. The lowest BCUT2D eigenvalue weighted by molar-refractivity contribution is -0.142. The van der Waals surface area contributed by atoms with E-state index in [2.05, 4.69) is 38.8 Å². The van der Waals surface area contributed by atoms with E-state index in [-0.39, 0.29) is 54.5 Å². The quantitative estimate of drug-likeness (QED) is 0.214. The first kappa shape index (κ1) is 37.5. The van der Waals surface area contributed by atoms with Crippen LogP contribution in [-0.2, 0) is 14.4 Å². The second-order valence-corrected chi connectivity index (χ2v) is 15.4. The number of carbonyl (C=O) groups is 3. The van der Waals surface area contributed by atoms with Gasteiger partial charge in [0.2, 0.25) is 11.8 Å². The monoisotopic (exact) mass is 702 g/mol. The number of amides is 3. The number of benzene rings is 2. The van der Waals surface area contributed by atoms with Gasteiger partial charge in [0.05, 0.1) is 35.8 Å². The summed E-state index contributed by atoms with van der Waals surface area (Å²) in [6.45, 7) is 22.6. The highest BCUT2D eigenvalue weighted by Crippen LogP contribution is 2.69. The van der Waals surface area contributed by atoms with Gasteiger partial charge in [-0.15, -0.1) is 24.9 Å². The Morgan fingerprint density at radius 3 is 2.00 bits per heavy atom. The van der Waals surface area contributed by atoms with Crippen molar-refractivity contribution >= 4 is 46.5 Å². The van der Waals surface area contributed by atoms with Crippen LogP contribution in [-0.4, -0.2) is 89.2 Å². The van der Waals surface area contributed by atoms with Crippen molar-refractivity contribution in [1.82, 2.24) is 4.90 Å². The summed E-state index contributed by atoms with van der Waals surface area (Å²) >= 11 is 1.64. The summed E-state index contributed by atoms with van der Waals surface area (Å²) in [6.07, 6.45) is 4.11. The predicted molar refractivity (Wildman–Crippen MR) is 204 cm³/mol. The standard InChI is InChI=1S/C40H54N4O5S/c1-9-22-42(30-18-20-31(21-19-30)49-13-5)37(46)34-33-24-27(8)40(50-33)35(34)38(47)44(32(25-45)26(6)7)36(40)39(48)43(23-10-2)29-16-14-28(15-17-29)41(11-3)12-4/h9-10,14-21,26-27,32-36,45H,1-2,11-13,22-25H2,3-8H3/t27?,32-,33-,34+,35-,36?,40?/m0/s1. The zero-order chi connectivity index (χ0) is 36.3. The van der Waals surface area contributed by atoms with Crippen LogP contribution in [0, 0.1) is 23.7 Å². The third kappa shape index (κ3) is 6.34. The highest BCUT2D eigenvalue weighted by molar-refractivity contribution is 8.02. The molecule has 2 aromatic rings. The first-order valence-electron chi connectivity index (χ1n) is 18.1. The second kappa shape index (κ2) is 15.6. The number of aliphatic hydroxyl groups excluding tert-OH is 1. The van der Waals surface area contributed by atoms with Crippen LogP contribution >= 0.6 is 11.8 Å². The first-order chi connectivity index (χ1) is 24.0. The highest BCUT2D eigenvalue weighted by Gasteiger charge is 2.77. The SMILES string of the molecule is C=CCN(C(=O)C1N([C@@H](CO)C(C)C)C(=O)[C@@H]2[C@H](C(=O)N(CC=C)c3ccc(OCC)cc3)[C@@H]3CC(C)C12S3)c1ccc(N(CC)CC)cc1. The molecule has 2 bridgehead atoms. The number of thioether (sulfide) groups is 1. The Kier molecular flexibility index (Phi) is 11.7. The molecular weight excluding hydrogens is 649 g/mol. The highest BCUT2D eigenvalue weighted by atomic mass is 32.2. The molecule has 3 aliphatic heterocycles. The third-order valence-corrected chi connectivity index (χ3v) is 13.0. The molecule has 3 saturated heterocycles. The Morgan fingerprint density at radius 1 is 0.960 bits per heavy atom. The molecule has 5 rings (SSSR count). The van der Waals surface area contributed by atoms with E-state index >= 15 is 4.79 Å². The first-order valence-corrected chi connectivity index (χ1v) is 18.9. The molecule has 3 fully saturated rings. The van der Waals surface area contributed by atoms with Gasteiger partial charge < -0.3 is 29.4 Å². The average molecular weight is 703 g/mol. The number of carbonyl (C=O) groups excluding carboxylic acids is 3. The van der Waals surface area contributed by atoms with Crippen molar-refractivity contribution in [3.8, 4) is 5.75 Å². The van der Waals surface area contributed by atoms with Crippen molar-refractivity contribution in [3.63, 3.8) is 0 Å². The van der Waals surface area contributed by atoms with E-state index < -0.39 is 28.7 Å². The summed E-state index contributed by atoms with van der Waals surface area (Å²) in [6, 6.07) is 13.9. The second-order valence-electron chi connectivity index (χ2n) is 13.9. The molecule has 10 heteroatoms. The minimum atomic E-state index is -0.872. The molecule has 1 N–H and O–H groups in total. The van der Waals surface area contributed by atoms with Gasteiger partial charge in [-0.3, -0.25) is 14.4 Å². The summed E-state index contributed by atoms with van der Waals surface area (Å²) in [7, 11) is 0. The zero-order valence-electron chi connectivity index (χ0n) is 30.5. The van der Waals surface area contributed by atoms with E-state index in [0.717, 1.165) is 18.8 Å². The van der Waals surface area contributed by atoms with Crippen molar-refractivity contribution in [2.75, 3.05) is 54.1 Å². The lowest BCUT2D eigenvalue weighted by Crippen LogP contribution is -2.60. The maximum Gasteiger partial charge on any atom is 0.251 e. The van der Waals surface area contributed by atoms with Crippen LogP contribution in [0.1, 0.15) is 48.0 Å². The predicted octanol–water partition coefficient (Wildman–Crippen LogP) is 6.02. The lowest BCUT2D eigenvalue weighted by atomic mass is 9.65. The zero-order valence-corrected chi connectivity index (χ0v) is 31.3. The largest absolute Gasteiger partial charge is 0.494 e. The van der Waals surface area contributed by atoms with E-state index in [1.807, 2.05) is 69.3 Å². The molecule has 9 nitrogen and oxygen atoms in total. The Balaban J connectivity index is 1.59. The number of likely N-dealkylation sites (tertiary alicyclic amines) is 1. The van der Waals surface area contributed by atoms with Crippen molar-refractivity contribution in [1.29, 1.82) is 0 Å². The van der Waals surface area contributed by atoms with Gasteiger partial charge in [-0.05, 0) is 87.6 Å². The molecule has 7 atom stereocenters. The topological polar surface area (TPSA) is 93.6 Å². The molecule has 50 heavy (non-hydrogen) atoms. The van der Waals surface area contributed by atoms with Crippen LogP contribution in [0.4, 0.5) is 17.1 Å². The summed E-state index contributed by atoms with van der Waals surface area (Å²) in [5.74, 6) is -1.37. The van der Waals surface area contributed by atoms with Crippen LogP contribution in [0.2, 0.25) is 0 Å². The average Bonchev–Trinajstić information content (AvgIpc) is 3.71. The molecule has 0 radical (unpaired) electrons. The number of hydrogen-bond donors (Lipinski definition) is 1. The fraction of sp³-hybridized carbons (Fsp3) is 0.525. The van der Waals surface area contributed by atoms with Crippen molar-refractivity contribution in [2.24, 2.45) is 23.7 Å². The molecule has 0 saturated carbocycles. The van der Waals surface area contributed by atoms with Gasteiger partial charge in [-0.2, -0.15) is 0 Å². The van der Waals surface area contributed by atoms with Gasteiger partial charge in [0.25, 0.3) is 5.91 Å². The van der Waals surface area contributed by atoms with E-state index in [4.69, 9.17) is 4.74 Å². The van der Waals surface area contributed by atoms with E-state index in [0.29, 0.717) is 30.2 Å². The third-order valence-electron chi connectivity index (χ3n) is 10.9. The molecule has 3 aliphatic rings. The molecule has 1 spiro atoms. The summed E-state index contributed by atoms with van der Waals surface area (Å²) < 4.78 is 4.79. The molecule has 0 aromatic heterocycles. The van der Waals surface area contributed by atoms with E-state index in [9.17, 15) is 14.7 Å². The normalized spacial score (nSPS) is 25.7. The summed E-state index contributed by atoms with van der Waals surface area (Å²) in [5.41, 5.74) is 2.48. The number of rotatable bonds is 16. The van der Waals surface area contributed by atoms with Gasteiger partial charge in [0.15, 0.2) is 0 Å². The van der Waals surface area contributed by atoms with Crippen LogP contribution < -0.4 is 19.4 Å². The van der Waals surface area contributed by atoms with Crippen LogP contribution in [0.3, 0.4) is 0 Å². The molecular formula is C40H54N4O5S. The number of ether oxygens (including phenoxy) is 1. The maximum atomic E-state index is 15.2. The smallest absolute Gasteiger partial charge is 0.251 e. The summed E-state index contributed by atoms with van der Waals surface area (Å²) in [5, 5.41) is 10.6. The van der Waals surface area contributed by atoms with Crippen molar-refractivity contribution in [2.45, 2.75) is 70.0 Å². The summed E-state index contributed by atoms with van der Waals surface area (Å²) in [4.78, 5) is 52.3. The lowest BCUT2D eigenvalue weighted by Gasteiger charge is -2.43. The molecule has 3 unspecified atom stereocenters. The number of anilines is 3. The van der Waals surface area contributed by atoms with Crippen LogP contribution in [0.5, 0.6) is 5.75 Å². The number of aliphatic hydroxyl groups is 1. The fourth-order valence-corrected chi connectivity index (χ4v) is 10.9. The molecule has 270 valence electrons. The van der Waals surface area contributed by atoms with Gasteiger partial charge in [-0.25, -0.2) is 0 Å². The van der Waals surface area contributed by atoms with Crippen LogP contribution in [0.25, 0.3) is 0 Å². The van der Waals surface area contributed by atoms with Crippen molar-refractivity contribution in [3.05, 3.63) is 73.8 Å². The minimum Gasteiger partial charge on any atom is -0.494 e. The molecule has 3 amide bonds. The molecule has 0 aliphatic carbocycles. The van der Waals surface area contributed by atoms with Crippen LogP contribution in [0.15, 0.2) is 73.8 Å². The fourth-order valence-electron chi connectivity index (χ4n) is 8.55. The Bertz CT molecular complexity index is 1540. The maximum absolute atomic E-state index is 15.2. The van der Waals surface area contributed by atoms with Gasteiger partial charge >= 0.3 is 0 Å². The number of fused-ring (bicyclic) bond motifs is 1. The molecule has 3 heterocycles. The van der Waals surface area contributed by atoms with Crippen molar-refractivity contribution < 1.29 is 24.2 Å². The van der Waals surface area contributed by atoms with Gasteiger partial charge in [-0.1, -0.05) is 32.9 Å². The number of hydrogen-bond acceptors (Lipinski definition) is 7. The van der Waals surface area contributed by atoms with Gasteiger partial charge in [0.1, 0.15) is 11.8 Å².